The maximum atomic E-state index is 13.4. The fourth-order valence-corrected chi connectivity index (χ4v) is 3.26. The Morgan fingerprint density at radius 1 is 1.09 bits per heavy atom. The van der Waals surface area contributed by atoms with Gasteiger partial charge < -0.3 is 10.3 Å². The van der Waals surface area contributed by atoms with Crippen LogP contribution < -0.4 is 5.73 Å². The summed E-state index contributed by atoms with van der Waals surface area (Å²) in [5.41, 5.74) is 8.56. The third kappa shape index (κ3) is 2.10. The van der Waals surface area contributed by atoms with Crippen molar-refractivity contribution in [2.75, 3.05) is 5.73 Å². The monoisotopic (exact) mass is 316 g/mol. The number of rotatable bonds is 2. The number of imidazole rings is 1. The molecule has 2 aromatic carbocycles. The van der Waals surface area contributed by atoms with E-state index in [0.717, 1.165) is 21.8 Å². The number of aromatic nitrogens is 3. The van der Waals surface area contributed by atoms with Crippen LogP contribution in [-0.4, -0.2) is 14.5 Å². The molecule has 0 saturated heterocycles. The number of halogens is 2. The average Bonchev–Trinajstić information content (AvgIpc) is 3.02. The summed E-state index contributed by atoms with van der Waals surface area (Å²) in [6.45, 7) is 0.509. The normalized spacial score (nSPS) is 11.5. The maximum Gasteiger partial charge on any atom is 0.181 e. The molecule has 2 N–H and O–H groups in total. The molecule has 2 aromatic heterocycles. The van der Waals surface area contributed by atoms with Gasteiger partial charge in [0.25, 0.3) is 0 Å². The van der Waals surface area contributed by atoms with Gasteiger partial charge in [-0.05, 0) is 17.7 Å². The van der Waals surface area contributed by atoms with E-state index in [1.165, 1.54) is 17.4 Å². The Kier molecular flexibility index (Phi) is 2.83. The van der Waals surface area contributed by atoms with Crippen LogP contribution in [0.5, 0.6) is 0 Å². The van der Waals surface area contributed by atoms with Gasteiger partial charge in [-0.1, -0.05) is 17.4 Å². The molecule has 0 radical (unpaired) electrons. The second-order valence-corrected chi connectivity index (χ2v) is 6.04. The Bertz CT molecular complexity index is 1010. The predicted octanol–water partition coefficient (Wildman–Crippen LogP) is 3.55. The molecule has 7 heteroatoms. The van der Waals surface area contributed by atoms with Crippen molar-refractivity contribution in [2.45, 2.75) is 6.54 Å². The van der Waals surface area contributed by atoms with Crippen molar-refractivity contribution >= 4 is 37.7 Å². The molecular formula is C15H10F2N4S. The fourth-order valence-electron chi connectivity index (χ4n) is 2.46. The number of hydrogen-bond donors (Lipinski definition) is 1. The van der Waals surface area contributed by atoms with Gasteiger partial charge in [0.2, 0.25) is 0 Å². The van der Waals surface area contributed by atoms with E-state index in [-0.39, 0.29) is 0 Å². The SMILES string of the molecule is Nc1nc2ccc(Cn3cnc4cc(F)c(F)cc43)cc2s1. The highest BCUT2D eigenvalue weighted by molar-refractivity contribution is 7.22. The third-order valence-electron chi connectivity index (χ3n) is 3.49. The van der Waals surface area contributed by atoms with Crippen molar-refractivity contribution in [1.82, 2.24) is 14.5 Å². The molecule has 4 nitrogen and oxygen atoms in total. The van der Waals surface area contributed by atoms with Gasteiger partial charge in [-0.3, -0.25) is 0 Å². The lowest BCUT2D eigenvalue weighted by Crippen LogP contribution is -1.98. The molecule has 0 unspecified atom stereocenters. The summed E-state index contributed by atoms with van der Waals surface area (Å²) < 4.78 is 29.4. The summed E-state index contributed by atoms with van der Waals surface area (Å²) in [4.78, 5) is 8.32. The number of benzene rings is 2. The first-order valence-corrected chi connectivity index (χ1v) is 7.36. The Hall–Kier alpha value is -2.54. The summed E-state index contributed by atoms with van der Waals surface area (Å²) in [6, 6.07) is 8.11. The van der Waals surface area contributed by atoms with E-state index in [1.54, 1.807) is 10.9 Å². The molecule has 4 rings (SSSR count). The molecule has 0 amide bonds. The van der Waals surface area contributed by atoms with Crippen LogP contribution in [0.2, 0.25) is 0 Å². The highest BCUT2D eigenvalue weighted by atomic mass is 32.1. The van der Waals surface area contributed by atoms with Gasteiger partial charge in [-0.15, -0.1) is 0 Å². The minimum absolute atomic E-state index is 0.432. The highest BCUT2D eigenvalue weighted by Gasteiger charge is 2.10. The smallest absolute Gasteiger partial charge is 0.181 e. The molecule has 0 bridgehead atoms. The van der Waals surface area contributed by atoms with Crippen molar-refractivity contribution in [3.63, 3.8) is 0 Å². The lowest BCUT2D eigenvalue weighted by atomic mass is 10.2. The van der Waals surface area contributed by atoms with E-state index in [1.807, 2.05) is 18.2 Å². The molecule has 0 atom stereocenters. The van der Waals surface area contributed by atoms with Crippen LogP contribution in [0.15, 0.2) is 36.7 Å². The number of thiazole rings is 1. The van der Waals surface area contributed by atoms with E-state index >= 15 is 0 Å². The Labute approximate surface area is 127 Å². The molecule has 4 aromatic rings. The number of hydrogen-bond acceptors (Lipinski definition) is 4. The van der Waals surface area contributed by atoms with Gasteiger partial charge in [-0.25, -0.2) is 18.7 Å². The molecule has 0 fully saturated rings. The van der Waals surface area contributed by atoms with Gasteiger partial charge in [0, 0.05) is 18.7 Å². The van der Waals surface area contributed by atoms with Gasteiger partial charge in [0.05, 0.1) is 27.6 Å². The number of anilines is 1. The molecular weight excluding hydrogens is 306 g/mol. The Balaban J connectivity index is 1.76. The largest absolute Gasteiger partial charge is 0.375 e. The highest BCUT2D eigenvalue weighted by Crippen LogP contribution is 2.25. The number of nitrogens with two attached hydrogens (primary N) is 1. The minimum atomic E-state index is -0.890. The van der Waals surface area contributed by atoms with Crippen molar-refractivity contribution < 1.29 is 8.78 Å². The van der Waals surface area contributed by atoms with Crippen LogP contribution in [0, 0.1) is 11.6 Å². The molecule has 0 aliphatic carbocycles. The van der Waals surface area contributed by atoms with Crippen molar-refractivity contribution in [2.24, 2.45) is 0 Å². The first-order chi connectivity index (χ1) is 10.6. The topological polar surface area (TPSA) is 56.7 Å². The van der Waals surface area contributed by atoms with Crippen LogP contribution in [-0.2, 0) is 6.54 Å². The van der Waals surface area contributed by atoms with E-state index < -0.39 is 11.6 Å². The summed E-state index contributed by atoms with van der Waals surface area (Å²) in [5.74, 6) is -1.76. The summed E-state index contributed by atoms with van der Waals surface area (Å²) in [6.07, 6.45) is 1.58. The lowest BCUT2D eigenvalue weighted by molar-refractivity contribution is 0.510. The van der Waals surface area contributed by atoms with Crippen molar-refractivity contribution in [3.8, 4) is 0 Å². The van der Waals surface area contributed by atoms with E-state index in [9.17, 15) is 8.78 Å². The zero-order chi connectivity index (χ0) is 15.3. The lowest BCUT2D eigenvalue weighted by Gasteiger charge is -2.05. The molecule has 2 heterocycles. The Morgan fingerprint density at radius 3 is 2.77 bits per heavy atom. The van der Waals surface area contributed by atoms with Crippen molar-refractivity contribution in [1.29, 1.82) is 0 Å². The average molecular weight is 316 g/mol. The quantitative estimate of drug-likeness (QED) is 0.615. The van der Waals surface area contributed by atoms with Gasteiger partial charge in [0.1, 0.15) is 0 Å². The molecule has 110 valence electrons. The zero-order valence-corrected chi connectivity index (χ0v) is 12.1. The van der Waals surface area contributed by atoms with E-state index in [0.29, 0.717) is 22.7 Å². The molecule has 0 aliphatic heterocycles. The van der Waals surface area contributed by atoms with Crippen LogP contribution in [0.3, 0.4) is 0 Å². The maximum absolute atomic E-state index is 13.4. The second-order valence-electron chi connectivity index (χ2n) is 4.98. The van der Waals surface area contributed by atoms with Gasteiger partial charge in [0.15, 0.2) is 16.8 Å². The first-order valence-electron chi connectivity index (χ1n) is 6.55. The number of nitrogens with zero attached hydrogens (tertiary/aromatic N) is 3. The number of nitrogen functional groups attached to an aromatic ring is 1. The summed E-state index contributed by atoms with van der Waals surface area (Å²) in [5, 5.41) is 0.526. The van der Waals surface area contributed by atoms with Crippen LogP contribution in [0.1, 0.15) is 5.56 Å². The molecule has 0 saturated carbocycles. The third-order valence-corrected chi connectivity index (χ3v) is 4.33. The van der Waals surface area contributed by atoms with Crippen molar-refractivity contribution in [3.05, 3.63) is 53.9 Å². The number of fused-ring (bicyclic) bond motifs is 2. The summed E-state index contributed by atoms with van der Waals surface area (Å²) in [7, 11) is 0. The van der Waals surface area contributed by atoms with Crippen LogP contribution >= 0.6 is 11.3 Å². The Morgan fingerprint density at radius 2 is 1.91 bits per heavy atom. The van der Waals surface area contributed by atoms with Gasteiger partial charge in [-0.2, -0.15) is 0 Å². The fraction of sp³-hybridized carbons (Fsp3) is 0.0667. The summed E-state index contributed by atoms with van der Waals surface area (Å²) >= 11 is 1.42. The van der Waals surface area contributed by atoms with Gasteiger partial charge >= 0.3 is 0 Å². The van der Waals surface area contributed by atoms with Crippen LogP contribution in [0.4, 0.5) is 13.9 Å². The molecule has 22 heavy (non-hydrogen) atoms. The van der Waals surface area contributed by atoms with Crippen LogP contribution in [0.25, 0.3) is 21.3 Å². The van der Waals surface area contributed by atoms with E-state index in [2.05, 4.69) is 9.97 Å². The second kappa shape index (κ2) is 4.74. The molecule has 0 aliphatic rings. The standard InChI is InChI=1S/C15H10F2N4S/c16-9-4-12-13(5-10(9)17)21(7-19-12)6-8-1-2-11-14(3-8)22-15(18)20-11/h1-5,7H,6H2,(H2,18,20). The molecule has 0 spiro atoms. The predicted molar refractivity (Wildman–Crippen MR) is 82.8 cm³/mol. The zero-order valence-electron chi connectivity index (χ0n) is 11.3. The minimum Gasteiger partial charge on any atom is -0.375 e. The first kappa shape index (κ1) is 13.1. The van der Waals surface area contributed by atoms with E-state index in [4.69, 9.17) is 5.73 Å².